The summed E-state index contributed by atoms with van der Waals surface area (Å²) in [6, 6.07) is 12.2. The fourth-order valence-corrected chi connectivity index (χ4v) is 2.81. The molecule has 0 bridgehead atoms. The number of hydrogen-bond acceptors (Lipinski definition) is 1. The van der Waals surface area contributed by atoms with E-state index in [-0.39, 0.29) is 6.04 Å². The Morgan fingerprint density at radius 2 is 1.94 bits per heavy atom. The largest absolute Gasteiger partial charge is 0.477 e. The van der Waals surface area contributed by atoms with E-state index < -0.39 is 5.97 Å². The number of benzene rings is 1. The van der Waals surface area contributed by atoms with E-state index in [9.17, 15) is 4.79 Å². The Bertz CT molecular complexity index is 586. The number of hydrogen-bond donors (Lipinski definition) is 1. The molecule has 1 aliphatic rings. The maximum absolute atomic E-state index is 11.2. The van der Waals surface area contributed by atoms with Crippen LogP contribution in [0.1, 0.15) is 34.1 Å². The molecular formula is C15H15NO2. The highest BCUT2D eigenvalue weighted by Crippen LogP contribution is 2.29. The minimum Gasteiger partial charge on any atom is -0.477 e. The summed E-state index contributed by atoms with van der Waals surface area (Å²) in [5.74, 6) is -0.848. The highest BCUT2D eigenvalue weighted by molar-refractivity contribution is 5.85. The molecule has 3 nitrogen and oxygen atoms in total. The van der Waals surface area contributed by atoms with Crippen LogP contribution < -0.4 is 0 Å². The molecule has 0 fully saturated rings. The lowest BCUT2D eigenvalue weighted by Crippen LogP contribution is -2.21. The van der Waals surface area contributed by atoms with Crippen molar-refractivity contribution < 1.29 is 9.90 Å². The Hall–Kier alpha value is -2.03. The van der Waals surface area contributed by atoms with Crippen molar-refractivity contribution in [1.29, 1.82) is 0 Å². The van der Waals surface area contributed by atoms with Gasteiger partial charge in [-0.2, -0.15) is 0 Å². The van der Waals surface area contributed by atoms with Crippen LogP contribution in [-0.4, -0.2) is 15.6 Å². The van der Waals surface area contributed by atoms with Crippen molar-refractivity contribution in [1.82, 2.24) is 4.57 Å². The number of nitrogens with zero attached hydrogens (tertiary/aromatic N) is 1. The molecule has 0 aliphatic heterocycles. The van der Waals surface area contributed by atoms with E-state index in [1.54, 1.807) is 6.07 Å². The molecule has 3 rings (SSSR count). The average Bonchev–Trinajstić information content (AvgIpc) is 2.87. The van der Waals surface area contributed by atoms with Crippen molar-refractivity contribution in [3.05, 3.63) is 59.4 Å². The molecular weight excluding hydrogens is 226 g/mol. The van der Waals surface area contributed by atoms with Gasteiger partial charge in [0.15, 0.2) is 0 Å². The fraction of sp³-hybridized carbons (Fsp3) is 0.267. The Morgan fingerprint density at radius 3 is 2.72 bits per heavy atom. The molecule has 3 heteroatoms. The molecule has 18 heavy (non-hydrogen) atoms. The van der Waals surface area contributed by atoms with Crippen LogP contribution in [0.2, 0.25) is 0 Å². The predicted octanol–water partition coefficient (Wildman–Crippen LogP) is 2.92. The molecule has 1 heterocycles. The SMILES string of the molecule is O=C(O)c1cccn1C1CCc2ccccc2C1. The first kappa shape index (κ1) is 11.1. The van der Waals surface area contributed by atoms with Gasteiger partial charge in [0.1, 0.15) is 5.69 Å². The molecule has 92 valence electrons. The van der Waals surface area contributed by atoms with E-state index in [4.69, 9.17) is 5.11 Å². The van der Waals surface area contributed by atoms with Crippen molar-refractivity contribution >= 4 is 5.97 Å². The third-order valence-electron chi connectivity index (χ3n) is 3.71. The van der Waals surface area contributed by atoms with Crippen LogP contribution in [0.25, 0.3) is 0 Å². The Kier molecular flexibility index (Phi) is 2.67. The second kappa shape index (κ2) is 4.33. The van der Waals surface area contributed by atoms with Gasteiger partial charge in [0.2, 0.25) is 0 Å². The van der Waals surface area contributed by atoms with Crippen LogP contribution >= 0.6 is 0 Å². The van der Waals surface area contributed by atoms with Gasteiger partial charge in [-0.1, -0.05) is 24.3 Å². The summed E-state index contributed by atoms with van der Waals surface area (Å²) in [7, 11) is 0. The molecule has 1 aromatic carbocycles. The van der Waals surface area contributed by atoms with Gasteiger partial charge in [-0.25, -0.2) is 4.79 Å². The molecule has 0 spiro atoms. The number of aromatic nitrogens is 1. The first-order valence-electron chi connectivity index (χ1n) is 6.22. The van der Waals surface area contributed by atoms with Crippen molar-refractivity contribution in [3.8, 4) is 0 Å². The standard InChI is InChI=1S/C15H15NO2/c17-15(18)14-6-3-9-16(14)13-8-7-11-4-1-2-5-12(11)10-13/h1-6,9,13H,7-8,10H2,(H,17,18). The average molecular weight is 241 g/mol. The predicted molar refractivity (Wildman–Crippen MR) is 68.9 cm³/mol. The van der Waals surface area contributed by atoms with Gasteiger partial charge in [0, 0.05) is 12.2 Å². The number of aromatic carboxylic acids is 1. The lowest BCUT2D eigenvalue weighted by molar-refractivity contribution is 0.0682. The maximum atomic E-state index is 11.2. The minimum absolute atomic E-state index is 0.265. The smallest absolute Gasteiger partial charge is 0.352 e. The molecule has 1 N–H and O–H groups in total. The van der Waals surface area contributed by atoms with Crippen molar-refractivity contribution in [2.45, 2.75) is 25.3 Å². The first-order valence-corrected chi connectivity index (χ1v) is 6.22. The summed E-state index contributed by atoms with van der Waals surface area (Å²) in [5.41, 5.74) is 3.14. The van der Waals surface area contributed by atoms with Gasteiger partial charge in [0.05, 0.1) is 0 Å². The lowest BCUT2D eigenvalue weighted by atomic mass is 9.88. The molecule has 2 aromatic rings. The van der Waals surface area contributed by atoms with Gasteiger partial charge in [-0.15, -0.1) is 0 Å². The summed E-state index contributed by atoms with van der Waals surface area (Å²) in [5, 5.41) is 9.16. The summed E-state index contributed by atoms with van der Waals surface area (Å²) < 4.78 is 1.90. The number of aryl methyl sites for hydroxylation is 1. The minimum atomic E-state index is -0.848. The molecule has 0 saturated carbocycles. The monoisotopic (exact) mass is 241 g/mol. The highest BCUT2D eigenvalue weighted by Gasteiger charge is 2.22. The Morgan fingerprint density at radius 1 is 1.17 bits per heavy atom. The van der Waals surface area contributed by atoms with Crippen LogP contribution in [0.15, 0.2) is 42.6 Å². The number of carboxylic acid groups (broad SMARTS) is 1. The summed E-state index contributed by atoms with van der Waals surface area (Å²) in [6.07, 6.45) is 4.83. The van der Waals surface area contributed by atoms with E-state index in [0.717, 1.165) is 19.3 Å². The van der Waals surface area contributed by atoms with E-state index in [1.165, 1.54) is 11.1 Å². The van der Waals surface area contributed by atoms with Gasteiger partial charge >= 0.3 is 5.97 Å². The van der Waals surface area contributed by atoms with Gasteiger partial charge < -0.3 is 9.67 Å². The molecule has 1 aromatic heterocycles. The molecule has 1 aliphatic carbocycles. The van der Waals surface area contributed by atoms with E-state index in [2.05, 4.69) is 24.3 Å². The number of rotatable bonds is 2. The fourth-order valence-electron chi connectivity index (χ4n) is 2.81. The highest BCUT2D eigenvalue weighted by atomic mass is 16.4. The van der Waals surface area contributed by atoms with Crippen LogP contribution in [0.4, 0.5) is 0 Å². The zero-order chi connectivity index (χ0) is 12.5. The van der Waals surface area contributed by atoms with Crippen LogP contribution in [0.3, 0.4) is 0 Å². The quantitative estimate of drug-likeness (QED) is 0.878. The normalized spacial score (nSPS) is 18.3. The Labute approximate surface area is 106 Å². The summed E-state index contributed by atoms with van der Waals surface area (Å²) >= 11 is 0. The molecule has 1 unspecified atom stereocenters. The summed E-state index contributed by atoms with van der Waals surface area (Å²) in [4.78, 5) is 11.2. The van der Waals surface area contributed by atoms with Gasteiger partial charge in [-0.3, -0.25) is 0 Å². The number of carboxylic acids is 1. The third kappa shape index (κ3) is 1.82. The van der Waals surface area contributed by atoms with E-state index in [1.807, 2.05) is 16.8 Å². The third-order valence-corrected chi connectivity index (χ3v) is 3.71. The molecule has 0 radical (unpaired) electrons. The zero-order valence-corrected chi connectivity index (χ0v) is 10.0. The lowest BCUT2D eigenvalue weighted by Gasteiger charge is -2.26. The van der Waals surface area contributed by atoms with Crippen molar-refractivity contribution in [3.63, 3.8) is 0 Å². The number of fused-ring (bicyclic) bond motifs is 1. The second-order valence-corrected chi connectivity index (χ2v) is 4.77. The van der Waals surface area contributed by atoms with Gasteiger partial charge in [-0.05, 0) is 42.5 Å². The topological polar surface area (TPSA) is 42.2 Å². The first-order chi connectivity index (χ1) is 8.75. The molecule has 1 atom stereocenters. The van der Waals surface area contributed by atoms with Crippen molar-refractivity contribution in [2.75, 3.05) is 0 Å². The van der Waals surface area contributed by atoms with E-state index in [0.29, 0.717) is 5.69 Å². The van der Waals surface area contributed by atoms with Crippen LogP contribution in [0, 0.1) is 0 Å². The van der Waals surface area contributed by atoms with Crippen LogP contribution in [-0.2, 0) is 12.8 Å². The molecule has 0 saturated heterocycles. The second-order valence-electron chi connectivity index (χ2n) is 4.77. The van der Waals surface area contributed by atoms with Gasteiger partial charge in [0.25, 0.3) is 0 Å². The zero-order valence-electron chi connectivity index (χ0n) is 10.0. The molecule has 0 amide bonds. The number of carbonyl (C=O) groups is 1. The maximum Gasteiger partial charge on any atom is 0.352 e. The Balaban J connectivity index is 1.92. The van der Waals surface area contributed by atoms with E-state index >= 15 is 0 Å². The summed E-state index contributed by atoms with van der Waals surface area (Å²) in [6.45, 7) is 0. The van der Waals surface area contributed by atoms with Crippen LogP contribution in [0.5, 0.6) is 0 Å². The van der Waals surface area contributed by atoms with Crippen molar-refractivity contribution in [2.24, 2.45) is 0 Å².